The number of aryl methyl sites for hydroxylation is 2. The van der Waals surface area contributed by atoms with Gasteiger partial charge in [0.1, 0.15) is 11.8 Å². The maximum Gasteiger partial charge on any atom is 0.260 e. The van der Waals surface area contributed by atoms with Crippen LogP contribution in [0.4, 0.5) is 5.88 Å². The predicted octanol–water partition coefficient (Wildman–Crippen LogP) is 4.06. The number of hydrogen-bond donors (Lipinski definition) is 0. The SMILES string of the molecule is Cc1ccc(C=Cc2nc(C#N)c(N3CCN(C(=O)COc4ccc(C)cc4)CC3)o2)cc1. The van der Waals surface area contributed by atoms with E-state index in [4.69, 9.17) is 9.15 Å². The number of anilines is 1. The first-order valence-corrected chi connectivity index (χ1v) is 10.9. The van der Waals surface area contributed by atoms with Gasteiger partial charge in [-0.1, -0.05) is 47.5 Å². The highest BCUT2D eigenvalue weighted by Crippen LogP contribution is 2.24. The Bertz CT molecular complexity index is 1170. The molecule has 0 unspecified atom stereocenters. The van der Waals surface area contributed by atoms with Crippen LogP contribution in [0.25, 0.3) is 12.2 Å². The molecule has 2 heterocycles. The number of benzene rings is 2. The summed E-state index contributed by atoms with van der Waals surface area (Å²) >= 11 is 0. The molecular weight excluding hydrogens is 416 g/mol. The molecule has 3 aromatic rings. The molecule has 2 aromatic carbocycles. The van der Waals surface area contributed by atoms with Crippen LogP contribution in [-0.4, -0.2) is 48.6 Å². The molecule has 1 fully saturated rings. The molecule has 1 amide bonds. The molecule has 33 heavy (non-hydrogen) atoms. The van der Waals surface area contributed by atoms with Gasteiger partial charge in [0, 0.05) is 32.3 Å². The summed E-state index contributed by atoms with van der Waals surface area (Å²) in [6, 6.07) is 17.8. The smallest absolute Gasteiger partial charge is 0.260 e. The Morgan fingerprint density at radius 3 is 2.30 bits per heavy atom. The number of nitriles is 1. The Balaban J connectivity index is 1.34. The third kappa shape index (κ3) is 5.60. The number of nitrogens with zero attached hydrogens (tertiary/aromatic N) is 4. The van der Waals surface area contributed by atoms with E-state index in [0.717, 1.165) is 11.1 Å². The van der Waals surface area contributed by atoms with E-state index >= 15 is 0 Å². The largest absolute Gasteiger partial charge is 0.484 e. The molecule has 4 rings (SSSR count). The Labute approximate surface area is 193 Å². The molecule has 0 spiro atoms. The molecule has 1 aliphatic rings. The van der Waals surface area contributed by atoms with Gasteiger partial charge in [-0.15, -0.1) is 0 Å². The van der Waals surface area contributed by atoms with Crippen LogP contribution < -0.4 is 9.64 Å². The van der Waals surface area contributed by atoms with Crippen LogP contribution in [0, 0.1) is 25.2 Å². The quantitative estimate of drug-likeness (QED) is 0.573. The van der Waals surface area contributed by atoms with Crippen LogP contribution >= 0.6 is 0 Å². The lowest BCUT2D eigenvalue weighted by Crippen LogP contribution is -2.50. The van der Waals surface area contributed by atoms with E-state index < -0.39 is 0 Å². The van der Waals surface area contributed by atoms with Crippen molar-refractivity contribution < 1.29 is 13.9 Å². The molecule has 0 saturated carbocycles. The van der Waals surface area contributed by atoms with Crippen molar-refractivity contribution in [2.75, 3.05) is 37.7 Å². The molecule has 0 bridgehead atoms. The van der Waals surface area contributed by atoms with Crippen LogP contribution in [0.5, 0.6) is 5.75 Å². The lowest BCUT2D eigenvalue weighted by atomic mass is 10.1. The maximum atomic E-state index is 12.5. The zero-order valence-electron chi connectivity index (χ0n) is 18.8. The van der Waals surface area contributed by atoms with Crippen molar-refractivity contribution >= 4 is 23.9 Å². The van der Waals surface area contributed by atoms with Crippen LogP contribution in [0.2, 0.25) is 0 Å². The van der Waals surface area contributed by atoms with Gasteiger partial charge in [0.25, 0.3) is 5.91 Å². The maximum absolute atomic E-state index is 12.5. The Morgan fingerprint density at radius 2 is 1.67 bits per heavy atom. The van der Waals surface area contributed by atoms with Crippen molar-refractivity contribution in [2.45, 2.75) is 13.8 Å². The topological polar surface area (TPSA) is 82.6 Å². The van der Waals surface area contributed by atoms with Crippen LogP contribution in [0.15, 0.2) is 52.9 Å². The van der Waals surface area contributed by atoms with Gasteiger partial charge in [-0.2, -0.15) is 10.2 Å². The number of aromatic nitrogens is 1. The normalized spacial score (nSPS) is 13.8. The first kappa shape index (κ1) is 22.2. The van der Waals surface area contributed by atoms with Crippen LogP contribution in [0.1, 0.15) is 28.3 Å². The van der Waals surface area contributed by atoms with Crippen molar-refractivity contribution in [2.24, 2.45) is 0 Å². The molecule has 168 valence electrons. The summed E-state index contributed by atoms with van der Waals surface area (Å²) in [7, 11) is 0. The summed E-state index contributed by atoms with van der Waals surface area (Å²) in [6.45, 7) is 6.21. The van der Waals surface area contributed by atoms with Gasteiger partial charge < -0.3 is 19.0 Å². The van der Waals surface area contributed by atoms with Crippen LogP contribution in [-0.2, 0) is 4.79 Å². The number of oxazole rings is 1. The second kappa shape index (κ2) is 10.0. The summed E-state index contributed by atoms with van der Waals surface area (Å²) in [5.41, 5.74) is 3.61. The molecule has 0 N–H and O–H groups in total. The van der Waals surface area contributed by atoms with Crippen molar-refractivity contribution in [1.82, 2.24) is 9.88 Å². The average Bonchev–Trinajstić information content (AvgIpc) is 3.26. The Hall–Kier alpha value is -4.05. The van der Waals surface area contributed by atoms with E-state index in [2.05, 4.69) is 11.1 Å². The van der Waals surface area contributed by atoms with Crippen LogP contribution in [0.3, 0.4) is 0 Å². The second-order valence-electron chi connectivity index (χ2n) is 8.03. The van der Waals surface area contributed by atoms with E-state index in [9.17, 15) is 10.1 Å². The molecule has 0 radical (unpaired) electrons. The summed E-state index contributed by atoms with van der Waals surface area (Å²) < 4.78 is 11.5. The zero-order chi connectivity index (χ0) is 23.2. The zero-order valence-corrected chi connectivity index (χ0v) is 18.8. The van der Waals surface area contributed by atoms with E-state index in [1.54, 1.807) is 11.0 Å². The summed E-state index contributed by atoms with van der Waals surface area (Å²) in [4.78, 5) is 20.6. The number of amides is 1. The average molecular weight is 443 g/mol. The highest BCUT2D eigenvalue weighted by atomic mass is 16.5. The van der Waals surface area contributed by atoms with Gasteiger partial charge in [-0.25, -0.2) is 0 Å². The van der Waals surface area contributed by atoms with E-state index in [0.29, 0.717) is 43.7 Å². The first-order valence-electron chi connectivity index (χ1n) is 10.9. The molecule has 0 aliphatic carbocycles. The minimum Gasteiger partial charge on any atom is -0.484 e. The third-order valence-corrected chi connectivity index (χ3v) is 5.53. The van der Waals surface area contributed by atoms with Crippen molar-refractivity contribution in [1.29, 1.82) is 5.26 Å². The fourth-order valence-corrected chi connectivity index (χ4v) is 3.56. The Kier molecular flexibility index (Phi) is 6.75. The standard InChI is InChI=1S/C26H26N4O3/c1-19-3-7-21(8-4-19)9-12-24-28-23(17-27)26(33-24)30-15-13-29(14-16-30)25(31)18-32-22-10-5-20(2)6-11-22/h3-12H,13-16,18H2,1-2H3. The molecular formula is C26H26N4O3. The number of hydrogen-bond acceptors (Lipinski definition) is 6. The second-order valence-corrected chi connectivity index (χ2v) is 8.03. The van der Waals surface area contributed by atoms with Crippen molar-refractivity contribution in [3.63, 3.8) is 0 Å². The molecule has 7 nitrogen and oxygen atoms in total. The fourth-order valence-electron chi connectivity index (χ4n) is 3.56. The van der Waals surface area contributed by atoms with Gasteiger partial charge in [0.2, 0.25) is 17.5 Å². The molecule has 1 aliphatic heterocycles. The van der Waals surface area contributed by atoms with Gasteiger partial charge in [-0.3, -0.25) is 4.79 Å². The molecule has 1 aromatic heterocycles. The summed E-state index contributed by atoms with van der Waals surface area (Å²) in [5, 5.41) is 9.51. The Morgan fingerprint density at radius 1 is 1.03 bits per heavy atom. The van der Waals surface area contributed by atoms with Gasteiger partial charge in [0.05, 0.1) is 0 Å². The molecule has 7 heteroatoms. The highest BCUT2D eigenvalue weighted by molar-refractivity contribution is 5.78. The van der Waals surface area contributed by atoms with Crippen molar-refractivity contribution in [3.8, 4) is 11.8 Å². The minimum atomic E-state index is -0.0602. The lowest BCUT2D eigenvalue weighted by Gasteiger charge is -2.34. The number of carbonyl (C=O) groups is 1. The number of rotatable bonds is 6. The van der Waals surface area contributed by atoms with E-state index in [-0.39, 0.29) is 18.2 Å². The minimum absolute atomic E-state index is 0.00275. The summed E-state index contributed by atoms with van der Waals surface area (Å²) in [6.07, 6.45) is 3.66. The van der Waals surface area contributed by atoms with Gasteiger partial charge in [-0.05, 0) is 37.6 Å². The van der Waals surface area contributed by atoms with Gasteiger partial charge >= 0.3 is 0 Å². The monoisotopic (exact) mass is 442 g/mol. The van der Waals surface area contributed by atoms with E-state index in [1.165, 1.54) is 5.56 Å². The number of piperazine rings is 1. The molecule has 1 saturated heterocycles. The van der Waals surface area contributed by atoms with Gasteiger partial charge in [0.15, 0.2) is 6.61 Å². The fraction of sp³-hybridized carbons (Fsp3) is 0.269. The lowest BCUT2D eigenvalue weighted by molar-refractivity contribution is -0.133. The molecule has 0 atom stereocenters. The van der Waals surface area contributed by atoms with Crippen molar-refractivity contribution in [3.05, 3.63) is 76.8 Å². The predicted molar refractivity (Wildman–Crippen MR) is 127 cm³/mol. The number of carbonyl (C=O) groups excluding carboxylic acids is 1. The third-order valence-electron chi connectivity index (χ3n) is 5.53. The number of ether oxygens (including phenoxy) is 1. The highest BCUT2D eigenvalue weighted by Gasteiger charge is 2.26. The van der Waals surface area contributed by atoms with E-state index in [1.807, 2.05) is 73.4 Å². The first-order chi connectivity index (χ1) is 16.0. The summed E-state index contributed by atoms with van der Waals surface area (Å²) in [5.74, 6) is 1.45.